The number of hydrogen-bond donors (Lipinski definition) is 0. The van der Waals surface area contributed by atoms with Crippen molar-refractivity contribution in [1.82, 2.24) is 30.0 Å². The van der Waals surface area contributed by atoms with Crippen molar-refractivity contribution < 1.29 is 9.18 Å². The first-order valence-corrected chi connectivity index (χ1v) is 9.76. The number of nitrogens with zero attached hydrogens (tertiary/aromatic N) is 6. The third kappa shape index (κ3) is 4.32. The first kappa shape index (κ1) is 19.2. The Hall–Kier alpha value is -3.13. The minimum atomic E-state index is -0.223. The van der Waals surface area contributed by atoms with Crippen LogP contribution in [0.1, 0.15) is 22.8 Å². The van der Waals surface area contributed by atoms with Crippen molar-refractivity contribution in [3.05, 3.63) is 65.5 Å². The van der Waals surface area contributed by atoms with Gasteiger partial charge >= 0.3 is 0 Å². The van der Waals surface area contributed by atoms with Crippen LogP contribution in [0.5, 0.6) is 0 Å². The molecular formula is C21H23FN6O. The number of halogens is 1. The highest BCUT2D eigenvalue weighted by Gasteiger charge is 2.23. The van der Waals surface area contributed by atoms with Gasteiger partial charge in [0.25, 0.3) is 5.91 Å². The first-order valence-electron chi connectivity index (χ1n) is 9.76. The van der Waals surface area contributed by atoms with Gasteiger partial charge in [0, 0.05) is 50.4 Å². The predicted molar refractivity (Wildman–Crippen MR) is 107 cm³/mol. The Kier molecular flexibility index (Phi) is 5.62. The van der Waals surface area contributed by atoms with Crippen LogP contribution in [0.3, 0.4) is 0 Å². The molecule has 0 atom stereocenters. The van der Waals surface area contributed by atoms with Crippen molar-refractivity contribution in [1.29, 1.82) is 0 Å². The molecule has 2 heterocycles. The number of amides is 1. The molecule has 0 aliphatic carbocycles. The standard InChI is InChI=1S/C21H23FN6O/c1-2-28-20(23-24-25-28)17-4-3-5-18(14-17)21(29)27-12-10-26(11-13-27)15-16-6-8-19(22)9-7-16/h3-9,14H,2,10-13,15H2,1H3. The number of carbonyl (C=O) groups excluding carboxylic acids is 1. The van der Waals surface area contributed by atoms with Gasteiger partial charge in [0.1, 0.15) is 5.82 Å². The molecule has 0 radical (unpaired) electrons. The number of aryl methyl sites for hydroxylation is 1. The molecule has 0 saturated carbocycles. The Morgan fingerprint density at radius 2 is 1.83 bits per heavy atom. The predicted octanol–water partition coefficient (Wildman–Crippen LogP) is 2.46. The van der Waals surface area contributed by atoms with Crippen molar-refractivity contribution in [2.24, 2.45) is 0 Å². The molecule has 1 amide bonds. The maximum absolute atomic E-state index is 13.1. The van der Waals surface area contributed by atoms with Crippen LogP contribution >= 0.6 is 0 Å². The number of benzene rings is 2. The van der Waals surface area contributed by atoms with Crippen molar-refractivity contribution in [3.8, 4) is 11.4 Å². The summed E-state index contributed by atoms with van der Waals surface area (Å²) in [5.41, 5.74) is 2.55. The summed E-state index contributed by atoms with van der Waals surface area (Å²) in [7, 11) is 0. The third-order valence-electron chi connectivity index (χ3n) is 5.18. The molecule has 150 valence electrons. The minimum Gasteiger partial charge on any atom is -0.336 e. The fourth-order valence-corrected chi connectivity index (χ4v) is 3.56. The summed E-state index contributed by atoms with van der Waals surface area (Å²) in [4.78, 5) is 17.1. The van der Waals surface area contributed by atoms with Gasteiger partial charge in [-0.1, -0.05) is 24.3 Å². The minimum absolute atomic E-state index is 0.0174. The smallest absolute Gasteiger partial charge is 0.253 e. The monoisotopic (exact) mass is 394 g/mol. The Morgan fingerprint density at radius 3 is 2.55 bits per heavy atom. The fraction of sp³-hybridized carbons (Fsp3) is 0.333. The zero-order valence-electron chi connectivity index (χ0n) is 16.3. The third-order valence-corrected chi connectivity index (χ3v) is 5.18. The van der Waals surface area contributed by atoms with Gasteiger partial charge in [-0.05, 0) is 47.2 Å². The lowest BCUT2D eigenvalue weighted by molar-refractivity contribution is 0.0628. The molecule has 29 heavy (non-hydrogen) atoms. The normalized spacial score (nSPS) is 14.9. The zero-order valence-corrected chi connectivity index (χ0v) is 16.3. The maximum Gasteiger partial charge on any atom is 0.253 e. The average molecular weight is 394 g/mol. The Labute approximate surface area is 168 Å². The molecule has 2 aromatic carbocycles. The van der Waals surface area contributed by atoms with Crippen LogP contribution in [-0.4, -0.2) is 62.1 Å². The van der Waals surface area contributed by atoms with Crippen LogP contribution in [0, 0.1) is 5.82 Å². The van der Waals surface area contributed by atoms with Gasteiger partial charge in [-0.15, -0.1) is 5.10 Å². The molecule has 4 rings (SSSR count). The summed E-state index contributed by atoms with van der Waals surface area (Å²) in [6.07, 6.45) is 0. The molecule has 0 bridgehead atoms. The Bertz CT molecular complexity index is 979. The van der Waals surface area contributed by atoms with Crippen LogP contribution in [0.25, 0.3) is 11.4 Å². The molecule has 1 aromatic heterocycles. The number of hydrogen-bond acceptors (Lipinski definition) is 5. The van der Waals surface area contributed by atoms with Crippen molar-refractivity contribution in [2.45, 2.75) is 20.0 Å². The molecule has 1 saturated heterocycles. The van der Waals surface area contributed by atoms with Gasteiger partial charge in [0.2, 0.25) is 0 Å². The van der Waals surface area contributed by atoms with Crippen molar-refractivity contribution >= 4 is 5.91 Å². The van der Waals surface area contributed by atoms with E-state index in [0.717, 1.165) is 30.8 Å². The summed E-state index contributed by atoms with van der Waals surface area (Å²) in [6, 6.07) is 14.0. The molecule has 8 heteroatoms. The Morgan fingerprint density at radius 1 is 1.07 bits per heavy atom. The SMILES string of the molecule is CCn1nnnc1-c1cccc(C(=O)N2CCN(Cc3ccc(F)cc3)CC2)c1. The zero-order chi connectivity index (χ0) is 20.2. The summed E-state index contributed by atoms with van der Waals surface area (Å²) in [5.74, 6) is 0.453. The van der Waals surface area contributed by atoms with Crippen molar-refractivity contribution in [2.75, 3.05) is 26.2 Å². The van der Waals surface area contributed by atoms with E-state index in [-0.39, 0.29) is 11.7 Å². The summed E-state index contributed by atoms with van der Waals surface area (Å²) < 4.78 is 14.8. The number of piperazine rings is 1. The van der Waals surface area contributed by atoms with E-state index >= 15 is 0 Å². The quantitative estimate of drug-likeness (QED) is 0.665. The molecule has 3 aromatic rings. The van der Waals surface area contributed by atoms with E-state index in [1.165, 1.54) is 12.1 Å². The molecular weight excluding hydrogens is 371 g/mol. The second-order valence-corrected chi connectivity index (χ2v) is 7.09. The van der Waals surface area contributed by atoms with Crippen LogP contribution in [-0.2, 0) is 13.1 Å². The summed E-state index contributed by atoms with van der Waals surface area (Å²) >= 11 is 0. The van der Waals surface area contributed by atoms with Gasteiger partial charge < -0.3 is 4.90 Å². The van der Waals surface area contributed by atoms with Gasteiger partial charge in [-0.3, -0.25) is 9.69 Å². The molecule has 0 unspecified atom stereocenters. The van der Waals surface area contributed by atoms with Crippen LogP contribution in [0.4, 0.5) is 4.39 Å². The number of aromatic nitrogens is 4. The van der Waals surface area contributed by atoms with E-state index in [0.29, 0.717) is 31.0 Å². The fourth-order valence-electron chi connectivity index (χ4n) is 3.56. The molecule has 1 aliphatic rings. The van der Waals surface area contributed by atoms with Crippen molar-refractivity contribution in [3.63, 3.8) is 0 Å². The highest BCUT2D eigenvalue weighted by atomic mass is 19.1. The lowest BCUT2D eigenvalue weighted by atomic mass is 10.1. The van der Waals surface area contributed by atoms with Crippen LogP contribution < -0.4 is 0 Å². The average Bonchev–Trinajstić information content (AvgIpc) is 3.24. The molecule has 0 N–H and O–H groups in total. The molecule has 1 fully saturated rings. The van der Waals surface area contributed by atoms with E-state index < -0.39 is 0 Å². The second kappa shape index (κ2) is 8.48. The lowest BCUT2D eigenvalue weighted by Crippen LogP contribution is -2.48. The van der Waals surface area contributed by atoms with E-state index in [9.17, 15) is 9.18 Å². The van der Waals surface area contributed by atoms with Crippen LogP contribution in [0.15, 0.2) is 48.5 Å². The number of carbonyl (C=O) groups is 1. The summed E-state index contributed by atoms with van der Waals surface area (Å²) in [6.45, 7) is 6.30. The summed E-state index contributed by atoms with van der Waals surface area (Å²) in [5, 5.41) is 11.8. The van der Waals surface area contributed by atoms with E-state index in [4.69, 9.17) is 0 Å². The highest BCUT2D eigenvalue weighted by Crippen LogP contribution is 2.19. The van der Waals surface area contributed by atoms with E-state index in [2.05, 4.69) is 20.4 Å². The van der Waals surface area contributed by atoms with Gasteiger partial charge in [0.05, 0.1) is 0 Å². The first-order chi connectivity index (χ1) is 14.1. The van der Waals surface area contributed by atoms with E-state index in [1.807, 2.05) is 48.2 Å². The van der Waals surface area contributed by atoms with E-state index in [1.54, 1.807) is 4.68 Å². The maximum atomic E-state index is 13.1. The number of tetrazole rings is 1. The molecule has 7 nitrogen and oxygen atoms in total. The second-order valence-electron chi connectivity index (χ2n) is 7.09. The number of rotatable bonds is 5. The van der Waals surface area contributed by atoms with Crippen LogP contribution in [0.2, 0.25) is 0 Å². The van der Waals surface area contributed by atoms with Gasteiger partial charge in [-0.2, -0.15) is 0 Å². The Balaban J connectivity index is 1.39. The molecule has 1 aliphatic heterocycles. The van der Waals surface area contributed by atoms with Gasteiger partial charge in [0.15, 0.2) is 5.82 Å². The largest absolute Gasteiger partial charge is 0.336 e. The molecule has 0 spiro atoms. The highest BCUT2D eigenvalue weighted by molar-refractivity contribution is 5.95. The topological polar surface area (TPSA) is 67.2 Å². The lowest BCUT2D eigenvalue weighted by Gasteiger charge is -2.34. The van der Waals surface area contributed by atoms with Gasteiger partial charge in [-0.25, -0.2) is 9.07 Å².